The molecule has 0 spiro atoms. The summed E-state index contributed by atoms with van der Waals surface area (Å²) in [6.07, 6.45) is 91.7. The lowest BCUT2D eigenvalue weighted by molar-refractivity contribution is -0.302. The molecular formula is C87H163NO10. The molecule has 7 unspecified atom stereocenters. The molecule has 1 amide bonds. The number of ether oxygens (including phenoxy) is 3. The topological polar surface area (TPSA) is 175 Å². The zero-order valence-electron chi connectivity index (χ0n) is 64.5. The number of nitrogens with one attached hydrogen (secondary N) is 1. The van der Waals surface area contributed by atoms with Crippen LogP contribution in [-0.2, 0) is 23.8 Å². The number of rotatable bonds is 77. The van der Waals surface area contributed by atoms with Crippen LogP contribution < -0.4 is 5.32 Å². The minimum Gasteiger partial charge on any atom is -0.466 e. The number of aliphatic hydroxyl groups is 5. The molecule has 0 saturated carbocycles. The summed E-state index contributed by atoms with van der Waals surface area (Å²) < 4.78 is 16.8. The van der Waals surface area contributed by atoms with E-state index in [1.807, 2.05) is 6.08 Å². The molecule has 98 heavy (non-hydrogen) atoms. The molecule has 0 bridgehead atoms. The molecule has 0 aliphatic carbocycles. The van der Waals surface area contributed by atoms with E-state index in [9.17, 15) is 35.1 Å². The van der Waals surface area contributed by atoms with Crippen LogP contribution in [0.15, 0.2) is 48.6 Å². The van der Waals surface area contributed by atoms with Crippen LogP contribution in [-0.4, -0.2) is 100 Å². The van der Waals surface area contributed by atoms with Gasteiger partial charge in [-0.25, -0.2) is 0 Å². The summed E-state index contributed by atoms with van der Waals surface area (Å²) in [6, 6.07) is -0.832. The largest absolute Gasteiger partial charge is 0.466 e. The van der Waals surface area contributed by atoms with Crippen molar-refractivity contribution in [3.63, 3.8) is 0 Å². The second-order valence-electron chi connectivity index (χ2n) is 29.9. The highest BCUT2D eigenvalue weighted by molar-refractivity contribution is 5.76. The van der Waals surface area contributed by atoms with Gasteiger partial charge < -0.3 is 45.1 Å². The third kappa shape index (κ3) is 63.3. The van der Waals surface area contributed by atoms with Crippen LogP contribution in [0.1, 0.15) is 431 Å². The van der Waals surface area contributed by atoms with Crippen LogP contribution in [0.5, 0.6) is 0 Å². The lowest BCUT2D eigenvalue weighted by atomic mass is 9.99. The number of hydrogen-bond acceptors (Lipinski definition) is 10. The van der Waals surface area contributed by atoms with Gasteiger partial charge in [0.25, 0.3) is 0 Å². The quantitative estimate of drug-likeness (QED) is 0.0195. The summed E-state index contributed by atoms with van der Waals surface area (Å²) in [5, 5.41) is 54.6. The second kappa shape index (κ2) is 75.8. The number of allylic oxidation sites excluding steroid dienone is 7. The minimum absolute atomic E-state index is 0.0212. The van der Waals surface area contributed by atoms with Crippen molar-refractivity contribution in [1.82, 2.24) is 5.32 Å². The van der Waals surface area contributed by atoms with E-state index in [0.29, 0.717) is 19.4 Å². The molecule has 7 atom stereocenters. The standard InChI is InChI=1S/C87H163NO10/c1-3-5-7-9-11-13-15-17-19-43-47-51-55-59-63-67-71-75-83(92)96-76-72-68-64-60-56-52-48-45-42-40-38-36-34-32-30-28-26-24-22-20-21-23-25-27-29-31-33-35-37-39-41-44-46-50-54-58-62-66-70-74-82(91)88-79(78-97-87-86(95)85(94)84(93)81(77-89)98-87)80(90)73-69-65-61-57-53-49-18-16-14-12-10-8-6-4-2/h14,16,20-21,53,57,69,73,79-81,84-87,89-90,93-95H,3-13,15,17-19,22-52,54-56,58-68,70-72,74-78H2,1-2H3,(H,88,91)/b16-14+,21-20-,57-53+,73-69+. The van der Waals surface area contributed by atoms with Crippen molar-refractivity contribution < 1.29 is 49.3 Å². The fraction of sp³-hybridized carbons (Fsp3) is 0.885. The van der Waals surface area contributed by atoms with Crippen molar-refractivity contribution in [3.05, 3.63) is 48.6 Å². The molecule has 0 aromatic rings. The second-order valence-corrected chi connectivity index (χ2v) is 29.9. The lowest BCUT2D eigenvalue weighted by Crippen LogP contribution is -2.60. The van der Waals surface area contributed by atoms with E-state index >= 15 is 0 Å². The van der Waals surface area contributed by atoms with Crippen molar-refractivity contribution in [1.29, 1.82) is 0 Å². The highest BCUT2D eigenvalue weighted by atomic mass is 16.7. The summed E-state index contributed by atoms with van der Waals surface area (Å²) in [4.78, 5) is 25.2. The van der Waals surface area contributed by atoms with E-state index < -0.39 is 49.5 Å². The molecule has 1 heterocycles. The Bertz CT molecular complexity index is 1770. The van der Waals surface area contributed by atoms with Crippen LogP contribution >= 0.6 is 0 Å². The van der Waals surface area contributed by atoms with E-state index in [1.54, 1.807) is 6.08 Å². The van der Waals surface area contributed by atoms with E-state index in [-0.39, 0.29) is 18.5 Å². The average molecular weight is 1380 g/mol. The predicted octanol–water partition coefficient (Wildman–Crippen LogP) is 23.8. The van der Waals surface area contributed by atoms with Crippen molar-refractivity contribution in [2.24, 2.45) is 0 Å². The van der Waals surface area contributed by atoms with Crippen molar-refractivity contribution in [2.75, 3.05) is 19.8 Å². The predicted molar refractivity (Wildman–Crippen MR) is 417 cm³/mol. The molecule has 11 nitrogen and oxygen atoms in total. The lowest BCUT2D eigenvalue weighted by Gasteiger charge is -2.40. The maximum Gasteiger partial charge on any atom is 0.305 e. The molecule has 1 aliphatic rings. The summed E-state index contributed by atoms with van der Waals surface area (Å²) >= 11 is 0. The van der Waals surface area contributed by atoms with Gasteiger partial charge in [0.2, 0.25) is 5.91 Å². The molecule has 11 heteroatoms. The van der Waals surface area contributed by atoms with Gasteiger partial charge in [-0.15, -0.1) is 0 Å². The Kier molecular flexibility index (Phi) is 72.4. The third-order valence-electron chi connectivity index (χ3n) is 20.4. The normalized spacial score (nSPS) is 17.4. The molecule has 6 N–H and O–H groups in total. The highest BCUT2D eigenvalue weighted by Gasteiger charge is 2.44. The Morgan fingerprint density at radius 1 is 0.367 bits per heavy atom. The number of hydrogen-bond donors (Lipinski definition) is 6. The number of carbonyl (C=O) groups is 2. The van der Waals surface area contributed by atoms with Gasteiger partial charge in [-0.1, -0.05) is 383 Å². The van der Waals surface area contributed by atoms with E-state index in [2.05, 4.69) is 55.6 Å². The first-order valence-electron chi connectivity index (χ1n) is 42.9. The van der Waals surface area contributed by atoms with Gasteiger partial charge in [-0.2, -0.15) is 0 Å². The fourth-order valence-corrected chi connectivity index (χ4v) is 13.7. The van der Waals surface area contributed by atoms with Gasteiger partial charge in [0.1, 0.15) is 24.4 Å². The third-order valence-corrected chi connectivity index (χ3v) is 20.4. The van der Waals surface area contributed by atoms with Gasteiger partial charge >= 0.3 is 5.97 Å². The Labute approximate surface area is 606 Å². The number of unbranched alkanes of at least 4 members (excludes halogenated alkanes) is 57. The molecule has 1 aliphatic heterocycles. The Morgan fingerprint density at radius 3 is 1.02 bits per heavy atom. The SMILES string of the molecule is CCCCCC/C=C/CC/C=C/CC/C=C/C(O)C(COC1OC(CO)C(O)C(O)C1O)NC(=O)CCCCCCCCCCCCCCCCCCC/C=C\CCCCCCCCCCCCCCCCCCCCOC(=O)CCCCCCCCCCCCCCCCCCC. The maximum atomic E-state index is 13.1. The van der Waals surface area contributed by atoms with Crippen LogP contribution in [0.3, 0.4) is 0 Å². The maximum absolute atomic E-state index is 13.1. The molecule has 0 aromatic carbocycles. The molecule has 0 aromatic heterocycles. The first-order valence-corrected chi connectivity index (χ1v) is 42.9. The minimum atomic E-state index is -1.58. The van der Waals surface area contributed by atoms with Crippen LogP contribution in [0.25, 0.3) is 0 Å². The Hall–Kier alpha value is -2.38. The molecule has 576 valence electrons. The smallest absolute Gasteiger partial charge is 0.305 e. The Balaban J connectivity index is 1.88. The first-order chi connectivity index (χ1) is 48.2. The van der Waals surface area contributed by atoms with Crippen molar-refractivity contribution in [2.45, 2.75) is 474 Å². The number of esters is 1. The molecule has 1 fully saturated rings. The molecule has 1 rings (SSSR count). The van der Waals surface area contributed by atoms with Gasteiger partial charge in [0.15, 0.2) is 6.29 Å². The fourth-order valence-electron chi connectivity index (χ4n) is 13.7. The van der Waals surface area contributed by atoms with E-state index in [0.717, 1.165) is 64.2 Å². The zero-order chi connectivity index (χ0) is 70.8. The van der Waals surface area contributed by atoms with Crippen LogP contribution in [0, 0.1) is 0 Å². The van der Waals surface area contributed by atoms with Crippen LogP contribution in [0.4, 0.5) is 0 Å². The number of aliphatic hydroxyl groups excluding tert-OH is 5. The van der Waals surface area contributed by atoms with Crippen molar-refractivity contribution in [3.8, 4) is 0 Å². The summed E-state index contributed by atoms with van der Waals surface area (Å²) in [6.45, 7) is 4.37. The molecule has 1 saturated heterocycles. The summed E-state index contributed by atoms with van der Waals surface area (Å²) in [5.74, 6) is -0.169. The molecular weight excluding hydrogens is 1220 g/mol. The monoisotopic (exact) mass is 1380 g/mol. The van der Waals surface area contributed by atoms with E-state index in [4.69, 9.17) is 14.2 Å². The van der Waals surface area contributed by atoms with E-state index in [1.165, 1.54) is 340 Å². The highest BCUT2D eigenvalue weighted by Crippen LogP contribution is 2.24. The van der Waals surface area contributed by atoms with Gasteiger partial charge in [0, 0.05) is 12.8 Å². The van der Waals surface area contributed by atoms with Gasteiger partial charge in [0.05, 0.1) is 32.0 Å². The summed E-state index contributed by atoms with van der Waals surface area (Å²) in [5.41, 5.74) is 0. The summed E-state index contributed by atoms with van der Waals surface area (Å²) in [7, 11) is 0. The number of carbonyl (C=O) groups excluding carboxylic acids is 2. The Morgan fingerprint density at radius 2 is 0.663 bits per heavy atom. The van der Waals surface area contributed by atoms with Crippen LogP contribution in [0.2, 0.25) is 0 Å². The number of amides is 1. The molecule has 0 radical (unpaired) electrons. The zero-order valence-corrected chi connectivity index (χ0v) is 64.5. The van der Waals surface area contributed by atoms with Gasteiger partial charge in [-0.3, -0.25) is 9.59 Å². The van der Waals surface area contributed by atoms with Gasteiger partial charge in [-0.05, 0) is 83.5 Å². The average Bonchev–Trinajstić information content (AvgIpc) is 0.823. The first kappa shape index (κ1) is 93.6. The van der Waals surface area contributed by atoms with Crippen molar-refractivity contribution >= 4 is 11.9 Å².